The summed E-state index contributed by atoms with van der Waals surface area (Å²) in [5.74, 6) is 0.779. The SMILES string of the molecule is c1cc2sc(C3CC3)nc2cc1CC1CCCCN1. The third-order valence-electron chi connectivity index (χ3n) is 4.29. The highest BCUT2D eigenvalue weighted by Gasteiger charge is 2.27. The first-order valence-corrected chi connectivity index (χ1v) is 8.33. The zero-order valence-corrected chi connectivity index (χ0v) is 12.0. The molecule has 3 heteroatoms. The van der Waals surface area contributed by atoms with Crippen molar-refractivity contribution in [3.63, 3.8) is 0 Å². The average molecular weight is 272 g/mol. The zero-order valence-electron chi connectivity index (χ0n) is 11.2. The Morgan fingerprint density at radius 1 is 1.21 bits per heavy atom. The molecule has 2 aromatic rings. The summed E-state index contributed by atoms with van der Waals surface area (Å²) in [7, 11) is 0. The molecule has 1 unspecified atom stereocenters. The number of piperidine rings is 1. The summed E-state index contributed by atoms with van der Waals surface area (Å²) in [5, 5.41) is 5.00. The smallest absolute Gasteiger partial charge is 0.0969 e. The van der Waals surface area contributed by atoms with Crippen molar-refractivity contribution in [2.45, 2.75) is 50.5 Å². The number of fused-ring (bicyclic) bond motifs is 1. The molecule has 1 aliphatic carbocycles. The van der Waals surface area contributed by atoms with Crippen LogP contribution >= 0.6 is 11.3 Å². The van der Waals surface area contributed by atoms with Gasteiger partial charge in [-0.25, -0.2) is 4.98 Å². The molecule has 1 saturated heterocycles. The van der Waals surface area contributed by atoms with Crippen LogP contribution in [0.3, 0.4) is 0 Å². The molecule has 1 N–H and O–H groups in total. The van der Waals surface area contributed by atoms with Gasteiger partial charge < -0.3 is 5.32 Å². The topological polar surface area (TPSA) is 24.9 Å². The van der Waals surface area contributed by atoms with Gasteiger partial charge in [-0.3, -0.25) is 0 Å². The van der Waals surface area contributed by atoms with Gasteiger partial charge in [-0.2, -0.15) is 0 Å². The Morgan fingerprint density at radius 2 is 2.16 bits per heavy atom. The van der Waals surface area contributed by atoms with Gasteiger partial charge in [-0.1, -0.05) is 12.5 Å². The molecule has 1 aromatic heterocycles. The fourth-order valence-electron chi connectivity index (χ4n) is 3.01. The minimum atomic E-state index is 0.674. The highest BCUT2D eigenvalue weighted by atomic mass is 32.1. The Bertz CT molecular complexity index is 579. The molecule has 2 fully saturated rings. The first-order chi connectivity index (χ1) is 9.38. The fraction of sp³-hybridized carbons (Fsp3) is 0.562. The molecular weight excluding hydrogens is 252 g/mol. The maximum absolute atomic E-state index is 4.83. The molecule has 4 rings (SSSR count). The van der Waals surface area contributed by atoms with Crippen LogP contribution in [-0.4, -0.2) is 17.6 Å². The lowest BCUT2D eigenvalue weighted by molar-refractivity contribution is 0.399. The first kappa shape index (κ1) is 11.9. The van der Waals surface area contributed by atoms with Crippen molar-refractivity contribution >= 4 is 21.6 Å². The Kier molecular flexibility index (Phi) is 3.04. The van der Waals surface area contributed by atoms with E-state index in [1.807, 2.05) is 11.3 Å². The molecule has 19 heavy (non-hydrogen) atoms. The van der Waals surface area contributed by atoms with Crippen LogP contribution < -0.4 is 5.32 Å². The average Bonchev–Trinajstić information content (AvgIpc) is 3.20. The van der Waals surface area contributed by atoms with Crippen LogP contribution in [0.2, 0.25) is 0 Å². The summed E-state index contributed by atoms with van der Waals surface area (Å²) in [6.45, 7) is 1.19. The lowest BCUT2D eigenvalue weighted by Gasteiger charge is -2.23. The van der Waals surface area contributed by atoms with Gasteiger partial charge in [0.25, 0.3) is 0 Å². The van der Waals surface area contributed by atoms with Crippen LogP contribution in [0.5, 0.6) is 0 Å². The van der Waals surface area contributed by atoms with E-state index in [0.717, 1.165) is 12.3 Å². The summed E-state index contributed by atoms with van der Waals surface area (Å²) in [6, 6.07) is 7.56. The number of hydrogen-bond acceptors (Lipinski definition) is 3. The number of hydrogen-bond donors (Lipinski definition) is 1. The predicted octanol–water partition coefficient (Wildman–Crippen LogP) is 3.86. The third kappa shape index (κ3) is 2.54. The molecule has 1 aromatic carbocycles. The molecule has 0 spiro atoms. The number of nitrogens with one attached hydrogen (secondary N) is 1. The third-order valence-corrected chi connectivity index (χ3v) is 5.49. The maximum Gasteiger partial charge on any atom is 0.0969 e. The van der Waals surface area contributed by atoms with Crippen molar-refractivity contribution in [2.75, 3.05) is 6.54 Å². The molecule has 2 nitrogen and oxygen atoms in total. The van der Waals surface area contributed by atoms with E-state index in [9.17, 15) is 0 Å². The molecule has 2 aliphatic rings. The van der Waals surface area contributed by atoms with Crippen LogP contribution in [0.15, 0.2) is 18.2 Å². The van der Waals surface area contributed by atoms with Crippen molar-refractivity contribution in [1.82, 2.24) is 10.3 Å². The number of aromatic nitrogens is 1. The van der Waals surface area contributed by atoms with Gasteiger partial charge >= 0.3 is 0 Å². The monoisotopic (exact) mass is 272 g/mol. The van der Waals surface area contributed by atoms with Crippen LogP contribution in [0.4, 0.5) is 0 Å². The van der Waals surface area contributed by atoms with E-state index >= 15 is 0 Å². The number of nitrogens with zero attached hydrogens (tertiary/aromatic N) is 1. The van der Waals surface area contributed by atoms with Gasteiger partial charge in [-0.15, -0.1) is 11.3 Å². The van der Waals surface area contributed by atoms with Gasteiger partial charge in [0.05, 0.1) is 15.2 Å². The molecule has 1 saturated carbocycles. The highest BCUT2D eigenvalue weighted by molar-refractivity contribution is 7.18. The van der Waals surface area contributed by atoms with E-state index in [1.165, 1.54) is 59.4 Å². The number of benzene rings is 1. The van der Waals surface area contributed by atoms with E-state index < -0.39 is 0 Å². The molecule has 0 amide bonds. The Balaban J connectivity index is 1.56. The maximum atomic E-state index is 4.83. The summed E-state index contributed by atoms with van der Waals surface area (Å²) in [4.78, 5) is 4.83. The summed E-state index contributed by atoms with van der Waals surface area (Å²) in [5.41, 5.74) is 2.67. The normalized spacial score (nSPS) is 23.9. The van der Waals surface area contributed by atoms with E-state index in [-0.39, 0.29) is 0 Å². The van der Waals surface area contributed by atoms with Crippen LogP contribution in [0.25, 0.3) is 10.2 Å². The van der Waals surface area contributed by atoms with Crippen LogP contribution in [0, 0.1) is 0 Å². The lowest BCUT2D eigenvalue weighted by atomic mass is 9.98. The molecule has 1 atom stereocenters. The lowest BCUT2D eigenvalue weighted by Crippen LogP contribution is -2.35. The Morgan fingerprint density at radius 3 is 2.95 bits per heavy atom. The summed E-state index contributed by atoms with van der Waals surface area (Å²) in [6.07, 6.45) is 7.89. The predicted molar refractivity (Wildman–Crippen MR) is 80.9 cm³/mol. The van der Waals surface area contributed by atoms with Crippen molar-refractivity contribution < 1.29 is 0 Å². The second-order valence-corrected chi connectivity index (χ2v) is 7.04. The first-order valence-electron chi connectivity index (χ1n) is 7.51. The second kappa shape index (κ2) is 4.88. The van der Waals surface area contributed by atoms with E-state index in [0.29, 0.717) is 6.04 Å². The molecular formula is C16H20N2S. The molecule has 0 bridgehead atoms. The minimum absolute atomic E-state index is 0.674. The van der Waals surface area contributed by atoms with E-state index in [4.69, 9.17) is 4.98 Å². The van der Waals surface area contributed by atoms with E-state index in [1.54, 1.807) is 0 Å². The van der Waals surface area contributed by atoms with Crippen molar-refractivity contribution in [2.24, 2.45) is 0 Å². The summed E-state index contributed by atoms with van der Waals surface area (Å²) >= 11 is 1.90. The number of rotatable bonds is 3. The molecule has 2 heterocycles. The van der Waals surface area contributed by atoms with Crippen molar-refractivity contribution in [3.8, 4) is 0 Å². The molecule has 1 aliphatic heterocycles. The largest absolute Gasteiger partial charge is 0.314 e. The Hall–Kier alpha value is -0.930. The highest BCUT2D eigenvalue weighted by Crippen LogP contribution is 2.43. The van der Waals surface area contributed by atoms with Crippen LogP contribution in [-0.2, 0) is 6.42 Å². The van der Waals surface area contributed by atoms with Crippen molar-refractivity contribution in [1.29, 1.82) is 0 Å². The quantitative estimate of drug-likeness (QED) is 0.917. The fourth-order valence-corrected chi connectivity index (χ4v) is 4.12. The van der Waals surface area contributed by atoms with Gasteiger partial charge in [-0.05, 0) is 56.3 Å². The van der Waals surface area contributed by atoms with Gasteiger partial charge in [0.2, 0.25) is 0 Å². The Labute approximate surface area is 118 Å². The van der Waals surface area contributed by atoms with E-state index in [2.05, 4.69) is 23.5 Å². The van der Waals surface area contributed by atoms with Gasteiger partial charge in [0, 0.05) is 12.0 Å². The van der Waals surface area contributed by atoms with Gasteiger partial charge in [0.15, 0.2) is 0 Å². The second-order valence-electron chi connectivity index (χ2n) is 5.98. The number of thiazole rings is 1. The standard InChI is InChI=1S/C16H20N2S/c1-2-8-17-13(3-1)9-11-4-7-15-14(10-11)18-16(19-15)12-5-6-12/h4,7,10,12-13,17H,1-3,5-6,8-9H2. The minimum Gasteiger partial charge on any atom is -0.314 e. The summed E-state index contributed by atoms with van der Waals surface area (Å²) < 4.78 is 1.36. The zero-order chi connectivity index (χ0) is 12.7. The molecule has 0 radical (unpaired) electrons. The van der Waals surface area contributed by atoms with Crippen LogP contribution in [0.1, 0.15) is 48.6 Å². The van der Waals surface area contributed by atoms with Crippen molar-refractivity contribution in [3.05, 3.63) is 28.8 Å². The van der Waals surface area contributed by atoms with Gasteiger partial charge in [0.1, 0.15) is 0 Å². The molecule has 100 valence electrons.